The minimum Gasteiger partial charge on any atom is -0.352 e. The SMILES string of the molecule is Cc1cnc(N2CCN3C(=O)NCC3C2)c(Br)c1. The molecular weight excluding hydrogens is 296 g/mol. The molecule has 2 aliphatic rings. The van der Waals surface area contributed by atoms with Gasteiger partial charge in [-0.2, -0.15) is 0 Å². The van der Waals surface area contributed by atoms with Gasteiger partial charge in [0.1, 0.15) is 5.82 Å². The Labute approximate surface area is 114 Å². The number of hydrogen-bond donors (Lipinski definition) is 1. The lowest BCUT2D eigenvalue weighted by Gasteiger charge is -2.37. The zero-order chi connectivity index (χ0) is 12.7. The first kappa shape index (κ1) is 11.8. The molecule has 1 unspecified atom stereocenters. The van der Waals surface area contributed by atoms with Gasteiger partial charge in [-0.3, -0.25) is 0 Å². The quantitative estimate of drug-likeness (QED) is 0.852. The number of aromatic nitrogens is 1. The molecule has 1 N–H and O–H groups in total. The topological polar surface area (TPSA) is 48.5 Å². The summed E-state index contributed by atoms with van der Waals surface area (Å²) in [4.78, 5) is 20.2. The molecule has 96 valence electrons. The molecule has 0 radical (unpaired) electrons. The molecule has 1 aromatic rings. The van der Waals surface area contributed by atoms with Gasteiger partial charge < -0.3 is 15.1 Å². The fraction of sp³-hybridized carbons (Fsp3) is 0.500. The second-order valence-electron chi connectivity index (χ2n) is 4.80. The largest absolute Gasteiger partial charge is 0.352 e. The van der Waals surface area contributed by atoms with Crippen molar-refractivity contribution in [2.45, 2.75) is 13.0 Å². The number of aryl methyl sites for hydroxylation is 1. The first-order valence-electron chi connectivity index (χ1n) is 6.07. The average molecular weight is 311 g/mol. The summed E-state index contributed by atoms with van der Waals surface area (Å²) in [5.41, 5.74) is 1.14. The predicted molar refractivity (Wildman–Crippen MR) is 72.8 cm³/mol. The second-order valence-corrected chi connectivity index (χ2v) is 5.65. The number of rotatable bonds is 1. The highest BCUT2D eigenvalue weighted by Crippen LogP contribution is 2.27. The summed E-state index contributed by atoms with van der Waals surface area (Å²) in [5, 5.41) is 2.89. The minimum atomic E-state index is 0.0654. The third-order valence-corrected chi connectivity index (χ3v) is 4.07. The Morgan fingerprint density at radius 2 is 2.33 bits per heavy atom. The van der Waals surface area contributed by atoms with E-state index in [1.54, 1.807) is 0 Å². The number of piperazine rings is 1. The van der Waals surface area contributed by atoms with Gasteiger partial charge in [-0.05, 0) is 34.5 Å². The Morgan fingerprint density at radius 3 is 3.11 bits per heavy atom. The number of carbonyl (C=O) groups is 1. The van der Waals surface area contributed by atoms with Crippen molar-refractivity contribution in [1.29, 1.82) is 0 Å². The van der Waals surface area contributed by atoms with Crippen LogP contribution in [0.3, 0.4) is 0 Å². The zero-order valence-electron chi connectivity index (χ0n) is 10.2. The van der Waals surface area contributed by atoms with Crippen LogP contribution in [0.5, 0.6) is 0 Å². The van der Waals surface area contributed by atoms with Crippen molar-refractivity contribution in [1.82, 2.24) is 15.2 Å². The molecule has 1 aromatic heterocycles. The highest BCUT2D eigenvalue weighted by atomic mass is 79.9. The van der Waals surface area contributed by atoms with Gasteiger partial charge in [-0.15, -0.1) is 0 Å². The number of nitrogens with one attached hydrogen (secondary N) is 1. The predicted octanol–water partition coefficient (Wildman–Crippen LogP) is 1.37. The van der Waals surface area contributed by atoms with Crippen molar-refractivity contribution in [3.8, 4) is 0 Å². The monoisotopic (exact) mass is 310 g/mol. The van der Waals surface area contributed by atoms with Crippen LogP contribution in [0, 0.1) is 6.92 Å². The van der Waals surface area contributed by atoms with Crippen LogP contribution in [0.1, 0.15) is 5.56 Å². The van der Waals surface area contributed by atoms with E-state index in [9.17, 15) is 4.79 Å². The number of amides is 2. The maximum Gasteiger partial charge on any atom is 0.317 e. The van der Waals surface area contributed by atoms with Gasteiger partial charge in [-0.1, -0.05) is 0 Å². The van der Waals surface area contributed by atoms with E-state index < -0.39 is 0 Å². The Bertz CT molecular complexity index is 493. The number of fused-ring (bicyclic) bond motifs is 1. The lowest BCUT2D eigenvalue weighted by atomic mass is 10.2. The molecule has 0 saturated carbocycles. The lowest BCUT2D eigenvalue weighted by molar-refractivity contribution is 0.197. The molecule has 5 nitrogen and oxygen atoms in total. The molecule has 6 heteroatoms. The molecule has 0 spiro atoms. The molecule has 3 heterocycles. The molecule has 2 saturated heterocycles. The van der Waals surface area contributed by atoms with E-state index >= 15 is 0 Å². The number of carbonyl (C=O) groups excluding carboxylic acids is 1. The Hall–Kier alpha value is -1.30. The summed E-state index contributed by atoms with van der Waals surface area (Å²) in [6.45, 7) is 5.20. The van der Waals surface area contributed by atoms with E-state index in [-0.39, 0.29) is 12.1 Å². The van der Waals surface area contributed by atoms with Crippen molar-refractivity contribution in [2.24, 2.45) is 0 Å². The molecule has 0 aliphatic carbocycles. The number of urea groups is 1. The summed E-state index contributed by atoms with van der Waals surface area (Å²) in [7, 11) is 0. The second kappa shape index (κ2) is 4.42. The first-order chi connectivity index (χ1) is 8.65. The highest BCUT2D eigenvalue weighted by molar-refractivity contribution is 9.10. The first-order valence-corrected chi connectivity index (χ1v) is 6.86. The summed E-state index contributed by atoms with van der Waals surface area (Å²) in [6, 6.07) is 2.41. The molecule has 18 heavy (non-hydrogen) atoms. The van der Waals surface area contributed by atoms with Crippen LogP contribution >= 0.6 is 15.9 Å². The van der Waals surface area contributed by atoms with E-state index in [0.29, 0.717) is 0 Å². The molecule has 0 bridgehead atoms. The van der Waals surface area contributed by atoms with Crippen molar-refractivity contribution < 1.29 is 4.79 Å². The summed E-state index contributed by atoms with van der Waals surface area (Å²) < 4.78 is 1.02. The molecule has 2 amide bonds. The van der Waals surface area contributed by atoms with Crippen LogP contribution in [-0.2, 0) is 0 Å². The van der Waals surface area contributed by atoms with Gasteiger partial charge in [0, 0.05) is 32.4 Å². The number of anilines is 1. The summed E-state index contributed by atoms with van der Waals surface area (Å²) >= 11 is 3.57. The van der Waals surface area contributed by atoms with Crippen molar-refractivity contribution in [3.05, 3.63) is 22.3 Å². The highest BCUT2D eigenvalue weighted by Gasteiger charge is 2.36. The van der Waals surface area contributed by atoms with Gasteiger partial charge in [0.2, 0.25) is 0 Å². The zero-order valence-corrected chi connectivity index (χ0v) is 11.8. The van der Waals surface area contributed by atoms with Crippen LogP contribution in [0.25, 0.3) is 0 Å². The fourth-order valence-electron chi connectivity index (χ4n) is 2.56. The van der Waals surface area contributed by atoms with Gasteiger partial charge in [0.05, 0.1) is 10.5 Å². The van der Waals surface area contributed by atoms with Crippen LogP contribution < -0.4 is 10.2 Å². The van der Waals surface area contributed by atoms with Crippen LogP contribution in [0.15, 0.2) is 16.7 Å². The molecule has 3 rings (SSSR count). The van der Waals surface area contributed by atoms with Crippen molar-refractivity contribution in [2.75, 3.05) is 31.1 Å². The van der Waals surface area contributed by atoms with E-state index in [4.69, 9.17) is 0 Å². The van der Waals surface area contributed by atoms with E-state index in [1.807, 2.05) is 18.0 Å². The molecule has 2 aliphatic heterocycles. The summed E-state index contributed by atoms with van der Waals surface area (Å²) in [5.74, 6) is 0.972. The minimum absolute atomic E-state index is 0.0654. The van der Waals surface area contributed by atoms with E-state index in [2.05, 4.69) is 37.2 Å². The third kappa shape index (κ3) is 1.94. The van der Waals surface area contributed by atoms with Crippen LogP contribution in [-0.4, -0.2) is 48.1 Å². The van der Waals surface area contributed by atoms with E-state index in [1.165, 1.54) is 0 Å². The van der Waals surface area contributed by atoms with E-state index in [0.717, 1.165) is 42.0 Å². The van der Waals surface area contributed by atoms with Gasteiger partial charge in [-0.25, -0.2) is 9.78 Å². The summed E-state index contributed by atoms with van der Waals surface area (Å²) in [6.07, 6.45) is 1.88. The van der Waals surface area contributed by atoms with Gasteiger partial charge in [0.15, 0.2) is 0 Å². The molecular formula is C12H15BrN4O. The maximum atomic E-state index is 11.5. The van der Waals surface area contributed by atoms with Gasteiger partial charge >= 0.3 is 6.03 Å². The number of pyridine rings is 1. The standard InChI is InChI=1S/C12H15BrN4O/c1-8-4-10(13)11(14-5-8)16-2-3-17-9(7-16)6-15-12(17)18/h4-5,9H,2-3,6-7H2,1H3,(H,15,18). The Balaban J connectivity index is 1.80. The third-order valence-electron chi connectivity index (χ3n) is 3.49. The number of hydrogen-bond acceptors (Lipinski definition) is 3. The Morgan fingerprint density at radius 1 is 1.50 bits per heavy atom. The lowest BCUT2D eigenvalue weighted by Crippen LogP contribution is -2.52. The molecule has 2 fully saturated rings. The molecule has 1 atom stereocenters. The van der Waals surface area contributed by atoms with Crippen LogP contribution in [0.2, 0.25) is 0 Å². The van der Waals surface area contributed by atoms with Crippen molar-refractivity contribution in [3.63, 3.8) is 0 Å². The van der Waals surface area contributed by atoms with Crippen molar-refractivity contribution >= 4 is 27.8 Å². The molecule has 0 aromatic carbocycles. The number of nitrogens with zero attached hydrogens (tertiary/aromatic N) is 3. The Kier molecular flexibility index (Phi) is 2.89. The van der Waals surface area contributed by atoms with Crippen LogP contribution in [0.4, 0.5) is 10.6 Å². The maximum absolute atomic E-state index is 11.5. The average Bonchev–Trinajstić information content (AvgIpc) is 2.71. The normalized spacial score (nSPS) is 23.0. The smallest absolute Gasteiger partial charge is 0.317 e. The fourth-order valence-corrected chi connectivity index (χ4v) is 3.27. The van der Waals surface area contributed by atoms with Gasteiger partial charge in [0.25, 0.3) is 0 Å². The number of halogens is 1.